The molecule has 1 aromatic carbocycles. The minimum atomic E-state index is -0.496. The standard InChI is InChI=1S/C27H37N3O3S/c1-17(25(32)30-11-13-33-14-12-30)20-9-10-27(3)15-21-23(18(2)22(27)24(20)31)29-26(34-21)28-16-19-7-5-4-6-8-19/h4-8,17-18,20,22,24,31H,9-16H2,1-3H3,(H,28,29)/t17-,18-,20?,22+,24-,27-/m0/s1. The molecule has 5 rings (SSSR count). The maximum absolute atomic E-state index is 13.2. The number of aliphatic hydroxyl groups is 1. The van der Waals surface area contributed by atoms with E-state index in [1.807, 2.05) is 17.9 Å². The van der Waals surface area contributed by atoms with Gasteiger partial charge in [-0.2, -0.15) is 0 Å². The number of thiazole rings is 1. The monoisotopic (exact) mass is 483 g/mol. The van der Waals surface area contributed by atoms with Crippen molar-refractivity contribution in [2.75, 3.05) is 31.6 Å². The van der Waals surface area contributed by atoms with Gasteiger partial charge in [-0.3, -0.25) is 4.79 Å². The van der Waals surface area contributed by atoms with Crippen molar-refractivity contribution in [2.45, 2.75) is 58.6 Å². The van der Waals surface area contributed by atoms with Gasteiger partial charge < -0.3 is 20.1 Å². The summed E-state index contributed by atoms with van der Waals surface area (Å²) in [4.78, 5) is 21.5. The highest BCUT2D eigenvalue weighted by Crippen LogP contribution is 2.57. The van der Waals surface area contributed by atoms with Crippen molar-refractivity contribution in [3.63, 3.8) is 0 Å². The van der Waals surface area contributed by atoms with E-state index < -0.39 is 6.10 Å². The van der Waals surface area contributed by atoms with Gasteiger partial charge in [-0.1, -0.05) is 51.1 Å². The minimum absolute atomic E-state index is 0.00766. The van der Waals surface area contributed by atoms with Gasteiger partial charge in [0.15, 0.2) is 5.13 Å². The average Bonchev–Trinajstić information content (AvgIpc) is 3.26. The first-order chi connectivity index (χ1) is 16.4. The number of hydrogen-bond donors (Lipinski definition) is 2. The number of fused-ring (bicyclic) bond motifs is 2. The van der Waals surface area contributed by atoms with E-state index in [9.17, 15) is 9.90 Å². The predicted molar refractivity (Wildman–Crippen MR) is 135 cm³/mol. The molecule has 1 saturated heterocycles. The van der Waals surface area contributed by atoms with Crippen molar-refractivity contribution in [3.05, 3.63) is 46.5 Å². The molecule has 1 amide bonds. The Morgan fingerprint density at radius 1 is 1.32 bits per heavy atom. The molecule has 0 radical (unpaired) electrons. The number of aromatic nitrogens is 1. The number of carbonyl (C=O) groups excluding carboxylic acids is 1. The number of carbonyl (C=O) groups is 1. The van der Waals surface area contributed by atoms with Crippen LogP contribution in [0.2, 0.25) is 0 Å². The third-order valence-corrected chi connectivity index (χ3v) is 9.59. The summed E-state index contributed by atoms with van der Waals surface area (Å²) >= 11 is 1.77. The van der Waals surface area contributed by atoms with Crippen LogP contribution in [-0.4, -0.2) is 53.3 Å². The van der Waals surface area contributed by atoms with Crippen LogP contribution in [0, 0.1) is 23.2 Å². The summed E-state index contributed by atoms with van der Waals surface area (Å²) in [5, 5.41) is 16.1. The number of rotatable bonds is 5. The fraction of sp³-hybridized carbons (Fsp3) is 0.630. The number of benzene rings is 1. The largest absolute Gasteiger partial charge is 0.392 e. The number of hydrogen-bond acceptors (Lipinski definition) is 6. The SMILES string of the molecule is C[C@H](C(=O)N1CCOCC1)C1CC[C@@]2(C)Cc3sc(NCc4ccccc4)nc3[C@@H](C)[C@@H]2[C@H]1O. The molecule has 0 bridgehead atoms. The minimum Gasteiger partial charge on any atom is -0.392 e. The van der Waals surface area contributed by atoms with Gasteiger partial charge in [-0.25, -0.2) is 4.98 Å². The highest BCUT2D eigenvalue weighted by molar-refractivity contribution is 7.15. The summed E-state index contributed by atoms with van der Waals surface area (Å²) in [6.07, 6.45) is 2.39. The number of morpholine rings is 1. The molecule has 0 spiro atoms. The van der Waals surface area contributed by atoms with Gasteiger partial charge in [-0.15, -0.1) is 11.3 Å². The van der Waals surface area contributed by atoms with E-state index in [4.69, 9.17) is 9.72 Å². The van der Waals surface area contributed by atoms with E-state index in [0.717, 1.165) is 36.6 Å². The molecule has 2 N–H and O–H groups in total. The molecule has 2 heterocycles. The van der Waals surface area contributed by atoms with Crippen LogP contribution < -0.4 is 5.32 Å². The summed E-state index contributed by atoms with van der Waals surface area (Å²) in [6, 6.07) is 10.4. The lowest BCUT2D eigenvalue weighted by Crippen LogP contribution is -2.54. The van der Waals surface area contributed by atoms with E-state index in [-0.39, 0.29) is 35.0 Å². The Morgan fingerprint density at radius 3 is 2.79 bits per heavy atom. The van der Waals surface area contributed by atoms with Gasteiger partial charge in [-0.05, 0) is 42.1 Å². The Bertz CT molecular complexity index is 1010. The summed E-state index contributed by atoms with van der Waals surface area (Å²) in [6.45, 7) is 9.86. The van der Waals surface area contributed by atoms with Crippen molar-refractivity contribution < 1.29 is 14.6 Å². The van der Waals surface area contributed by atoms with Crippen LogP contribution >= 0.6 is 11.3 Å². The Morgan fingerprint density at radius 2 is 2.06 bits per heavy atom. The van der Waals surface area contributed by atoms with Crippen LogP contribution in [0.15, 0.2) is 30.3 Å². The van der Waals surface area contributed by atoms with E-state index in [1.54, 1.807) is 11.3 Å². The topological polar surface area (TPSA) is 74.7 Å². The van der Waals surface area contributed by atoms with Crippen molar-refractivity contribution in [2.24, 2.45) is 23.2 Å². The van der Waals surface area contributed by atoms with Crippen molar-refractivity contribution in [1.82, 2.24) is 9.88 Å². The molecule has 3 aliphatic rings. The maximum Gasteiger partial charge on any atom is 0.225 e. The fourth-order valence-corrected chi connectivity index (χ4v) is 7.91. The molecule has 1 unspecified atom stereocenters. The van der Waals surface area contributed by atoms with Gasteiger partial charge in [0.2, 0.25) is 5.91 Å². The summed E-state index contributed by atoms with van der Waals surface area (Å²) in [5.74, 6) is 0.265. The van der Waals surface area contributed by atoms with E-state index in [2.05, 4.69) is 43.4 Å². The van der Waals surface area contributed by atoms with E-state index >= 15 is 0 Å². The number of anilines is 1. The van der Waals surface area contributed by atoms with Crippen LogP contribution in [0.5, 0.6) is 0 Å². The highest BCUT2D eigenvalue weighted by atomic mass is 32.1. The normalized spacial score (nSPS) is 31.9. The molecular weight excluding hydrogens is 446 g/mol. The molecule has 1 saturated carbocycles. The lowest BCUT2D eigenvalue weighted by atomic mass is 9.53. The average molecular weight is 484 g/mol. The van der Waals surface area contributed by atoms with Crippen molar-refractivity contribution >= 4 is 22.4 Å². The number of amides is 1. The molecule has 2 aliphatic carbocycles. The first-order valence-corrected chi connectivity index (χ1v) is 13.5. The van der Waals surface area contributed by atoms with Gasteiger partial charge in [0.25, 0.3) is 0 Å². The van der Waals surface area contributed by atoms with Gasteiger partial charge >= 0.3 is 0 Å². The molecular formula is C27H37N3O3S. The number of nitrogens with one attached hydrogen (secondary N) is 1. The second-order valence-corrected chi connectivity index (χ2v) is 11.8. The second-order valence-electron chi connectivity index (χ2n) is 10.7. The van der Waals surface area contributed by atoms with E-state index in [0.29, 0.717) is 26.3 Å². The van der Waals surface area contributed by atoms with Crippen LogP contribution in [-0.2, 0) is 22.5 Å². The summed E-state index contributed by atoms with van der Waals surface area (Å²) < 4.78 is 5.42. The third-order valence-electron chi connectivity index (χ3n) is 8.56. The number of ether oxygens (including phenoxy) is 1. The summed E-state index contributed by atoms with van der Waals surface area (Å²) in [5.41, 5.74) is 2.41. The van der Waals surface area contributed by atoms with Crippen molar-refractivity contribution in [3.8, 4) is 0 Å². The molecule has 1 aromatic heterocycles. The zero-order chi connectivity index (χ0) is 23.9. The fourth-order valence-electron chi connectivity index (χ4n) is 6.65. The van der Waals surface area contributed by atoms with Crippen LogP contribution in [0.25, 0.3) is 0 Å². The molecule has 184 valence electrons. The lowest BCUT2D eigenvalue weighted by molar-refractivity contribution is -0.148. The Kier molecular flexibility index (Phi) is 6.70. The first-order valence-electron chi connectivity index (χ1n) is 12.7. The molecule has 7 heteroatoms. The van der Waals surface area contributed by atoms with Gasteiger partial charge in [0.05, 0.1) is 25.0 Å². The zero-order valence-electron chi connectivity index (χ0n) is 20.5. The molecule has 6 nitrogen and oxygen atoms in total. The smallest absolute Gasteiger partial charge is 0.225 e. The van der Waals surface area contributed by atoms with Crippen LogP contribution in [0.4, 0.5) is 5.13 Å². The van der Waals surface area contributed by atoms with Gasteiger partial charge in [0, 0.05) is 36.3 Å². The van der Waals surface area contributed by atoms with Crippen LogP contribution in [0.3, 0.4) is 0 Å². The van der Waals surface area contributed by atoms with E-state index in [1.165, 1.54) is 10.4 Å². The molecule has 6 atom stereocenters. The molecule has 1 aliphatic heterocycles. The Balaban J connectivity index is 1.32. The quantitative estimate of drug-likeness (QED) is 0.663. The number of nitrogens with zero attached hydrogens (tertiary/aromatic N) is 2. The predicted octanol–water partition coefficient (Wildman–Crippen LogP) is 4.30. The van der Waals surface area contributed by atoms with Crippen LogP contribution in [0.1, 0.15) is 55.7 Å². The zero-order valence-corrected chi connectivity index (χ0v) is 21.3. The lowest BCUT2D eigenvalue weighted by Gasteiger charge is -2.53. The Hall–Kier alpha value is -1.96. The third kappa shape index (κ3) is 4.38. The number of aliphatic hydroxyl groups excluding tert-OH is 1. The summed E-state index contributed by atoms with van der Waals surface area (Å²) in [7, 11) is 0. The molecule has 2 fully saturated rings. The molecule has 2 aromatic rings. The second kappa shape index (κ2) is 9.59. The maximum atomic E-state index is 13.2. The Labute approximate surface area is 206 Å². The van der Waals surface area contributed by atoms with Crippen molar-refractivity contribution in [1.29, 1.82) is 0 Å². The first kappa shape index (κ1) is 23.8. The van der Waals surface area contributed by atoms with Gasteiger partial charge in [0.1, 0.15) is 0 Å². The molecule has 34 heavy (non-hydrogen) atoms. The highest BCUT2D eigenvalue weighted by Gasteiger charge is 2.54.